The van der Waals surface area contributed by atoms with Crippen LogP contribution in [-0.4, -0.2) is 65.2 Å². The van der Waals surface area contributed by atoms with Crippen molar-refractivity contribution in [2.75, 3.05) is 49.9 Å². The van der Waals surface area contributed by atoms with E-state index in [0.29, 0.717) is 58.5 Å². The van der Waals surface area contributed by atoms with Gasteiger partial charge in [-0.3, -0.25) is 14.1 Å². The number of ether oxygens (including phenoxy) is 2. The Bertz CT molecular complexity index is 1520. The number of fused-ring (bicyclic) bond motifs is 2. The Labute approximate surface area is 220 Å². The number of likely N-dealkylation sites (N-methyl/N-ethyl adjacent to an activating group) is 1. The number of rotatable bonds is 8. The maximum Gasteiger partial charge on any atom is 0.238 e. The number of nitrogens with zero attached hydrogens (tertiary/aromatic N) is 3. The Hall–Kier alpha value is -3.96. The molecule has 2 aliphatic rings. The van der Waals surface area contributed by atoms with E-state index in [4.69, 9.17) is 14.5 Å². The van der Waals surface area contributed by atoms with Crippen LogP contribution in [0.5, 0.6) is 11.5 Å². The van der Waals surface area contributed by atoms with Gasteiger partial charge in [0, 0.05) is 24.3 Å². The molecule has 0 aliphatic carbocycles. The number of hydrogen-bond acceptors (Lipinski definition) is 7. The van der Waals surface area contributed by atoms with Gasteiger partial charge in [0.25, 0.3) is 0 Å². The van der Waals surface area contributed by atoms with E-state index in [1.165, 1.54) is 22.7 Å². The van der Waals surface area contributed by atoms with Crippen LogP contribution in [-0.2, 0) is 14.8 Å². The summed E-state index contributed by atoms with van der Waals surface area (Å²) >= 11 is 0. The van der Waals surface area contributed by atoms with Gasteiger partial charge in [-0.25, -0.2) is 12.8 Å². The van der Waals surface area contributed by atoms with Crippen molar-refractivity contribution in [1.29, 1.82) is 0 Å². The molecule has 1 atom stereocenters. The molecule has 0 spiro atoms. The lowest BCUT2D eigenvalue weighted by Crippen LogP contribution is -2.35. The minimum Gasteiger partial charge on any atom is -0.454 e. The molecule has 11 heteroatoms. The molecule has 0 fully saturated rings. The Morgan fingerprint density at radius 2 is 1.76 bits per heavy atom. The second kappa shape index (κ2) is 10.1. The fourth-order valence-corrected chi connectivity index (χ4v) is 5.39. The van der Waals surface area contributed by atoms with Crippen molar-refractivity contribution < 1.29 is 27.1 Å². The maximum atomic E-state index is 13.9. The first-order chi connectivity index (χ1) is 18.1. The molecule has 5 rings (SSSR count). The average Bonchev–Trinajstić information content (AvgIpc) is 3.45. The summed E-state index contributed by atoms with van der Waals surface area (Å²) < 4.78 is 51.0. The van der Waals surface area contributed by atoms with Gasteiger partial charge in [-0.1, -0.05) is 6.07 Å². The standard InChI is InChI=1S/C27H27FN4O5S/c1-31(2)12-13-32(38(3,34)35)20-8-6-19(7-9-20)29-26(17-4-11-23-24(14-17)37-16-36-23)25-21-10-5-18(28)15-22(21)30-27(25)33/h4-11,14-15,25H,12-13,16H2,1-3H3,(H,30,33). The number of aliphatic imine (C=N–C) groups is 1. The molecule has 0 bridgehead atoms. The Morgan fingerprint density at radius 1 is 1.03 bits per heavy atom. The first-order valence-corrected chi connectivity index (χ1v) is 13.8. The third-order valence-electron chi connectivity index (χ3n) is 6.33. The van der Waals surface area contributed by atoms with Crippen LogP contribution in [0, 0.1) is 5.82 Å². The number of carbonyl (C=O) groups excluding carboxylic acids is 1. The zero-order valence-corrected chi connectivity index (χ0v) is 22.0. The predicted octanol–water partition coefficient (Wildman–Crippen LogP) is 3.74. The molecule has 0 saturated carbocycles. The van der Waals surface area contributed by atoms with Gasteiger partial charge in [0.1, 0.15) is 11.7 Å². The lowest BCUT2D eigenvalue weighted by molar-refractivity contribution is -0.115. The van der Waals surface area contributed by atoms with Crippen molar-refractivity contribution in [3.63, 3.8) is 0 Å². The second-order valence-corrected chi connectivity index (χ2v) is 11.3. The molecule has 0 aromatic heterocycles. The largest absolute Gasteiger partial charge is 0.454 e. The second-order valence-electron chi connectivity index (χ2n) is 9.37. The fraction of sp³-hybridized carbons (Fsp3) is 0.259. The predicted molar refractivity (Wildman–Crippen MR) is 144 cm³/mol. The molecule has 1 N–H and O–H groups in total. The number of carbonyl (C=O) groups is 1. The lowest BCUT2D eigenvalue weighted by Gasteiger charge is -2.24. The zero-order valence-electron chi connectivity index (χ0n) is 21.1. The highest BCUT2D eigenvalue weighted by Crippen LogP contribution is 2.39. The molecule has 1 unspecified atom stereocenters. The van der Waals surface area contributed by atoms with Gasteiger partial charge in [-0.15, -0.1) is 0 Å². The smallest absolute Gasteiger partial charge is 0.238 e. The van der Waals surface area contributed by atoms with Gasteiger partial charge in [0.15, 0.2) is 11.5 Å². The van der Waals surface area contributed by atoms with E-state index < -0.39 is 21.8 Å². The van der Waals surface area contributed by atoms with Crippen LogP contribution in [0.15, 0.2) is 65.7 Å². The van der Waals surface area contributed by atoms with Crippen molar-refractivity contribution in [1.82, 2.24) is 4.90 Å². The average molecular weight is 539 g/mol. The highest BCUT2D eigenvalue weighted by molar-refractivity contribution is 7.92. The highest BCUT2D eigenvalue weighted by Gasteiger charge is 2.36. The monoisotopic (exact) mass is 538 g/mol. The van der Waals surface area contributed by atoms with E-state index in [2.05, 4.69) is 5.32 Å². The minimum atomic E-state index is -3.49. The summed E-state index contributed by atoms with van der Waals surface area (Å²) in [5, 5.41) is 2.75. The zero-order chi connectivity index (χ0) is 27.0. The molecule has 3 aromatic carbocycles. The quantitative estimate of drug-likeness (QED) is 0.439. The molecule has 2 heterocycles. The molecule has 0 radical (unpaired) electrons. The molecule has 198 valence electrons. The number of nitrogens with one attached hydrogen (secondary N) is 1. The van der Waals surface area contributed by atoms with E-state index in [9.17, 15) is 17.6 Å². The van der Waals surface area contributed by atoms with Crippen molar-refractivity contribution >= 4 is 38.7 Å². The Morgan fingerprint density at radius 3 is 2.47 bits per heavy atom. The maximum absolute atomic E-state index is 13.9. The third kappa shape index (κ3) is 5.20. The van der Waals surface area contributed by atoms with Crippen LogP contribution < -0.4 is 19.1 Å². The summed E-state index contributed by atoms with van der Waals surface area (Å²) in [7, 11) is 0.259. The summed E-state index contributed by atoms with van der Waals surface area (Å²) in [6.07, 6.45) is 1.17. The SMILES string of the molecule is CN(C)CCN(c1ccc(N=C(c2ccc3c(c2)OCO3)C2C(=O)Nc3cc(F)ccc32)cc1)S(C)(=O)=O. The Balaban J connectivity index is 1.56. The topological polar surface area (TPSA) is 101 Å². The van der Waals surface area contributed by atoms with Crippen LogP contribution in [0.2, 0.25) is 0 Å². The van der Waals surface area contributed by atoms with Crippen LogP contribution in [0.25, 0.3) is 0 Å². The van der Waals surface area contributed by atoms with Crippen molar-refractivity contribution in [3.8, 4) is 11.5 Å². The first kappa shape index (κ1) is 25.7. The van der Waals surface area contributed by atoms with E-state index in [1.807, 2.05) is 19.0 Å². The molecule has 38 heavy (non-hydrogen) atoms. The molecular weight excluding hydrogens is 511 g/mol. The molecule has 2 aliphatic heterocycles. The first-order valence-electron chi connectivity index (χ1n) is 11.9. The van der Waals surface area contributed by atoms with Crippen LogP contribution in [0.3, 0.4) is 0 Å². The Kier molecular flexibility index (Phi) is 6.80. The summed E-state index contributed by atoms with van der Waals surface area (Å²) in [6.45, 7) is 0.952. The van der Waals surface area contributed by atoms with E-state index in [0.717, 1.165) is 0 Å². The van der Waals surface area contributed by atoms with E-state index in [-0.39, 0.29) is 12.7 Å². The number of halogens is 1. The van der Waals surface area contributed by atoms with Crippen molar-refractivity contribution in [2.45, 2.75) is 5.92 Å². The summed E-state index contributed by atoms with van der Waals surface area (Å²) in [4.78, 5) is 19.9. The third-order valence-corrected chi connectivity index (χ3v) is 7.52. The van der Waals surface area contributed by atoms with Gasteiger partial charge in [-0.2, -0.15) is 0 Å². The molecular formula is C27H27FN4O5S. The van der Waals surface area contributed by atoms with Gasteiger partial charge >= 0.3 is 0 Å². The van der Waals surface area contributed by atoms with Crippen LogP contribution in [0.1, 0.15) is 17.0 Å². The molecule has 9 nitrogen and oxygen atoms in total. The number of hydrogen-bond donors (Lipinski definition) is 1. The van der Waals surface area contributed by atoms with E-state index in [1.54, 1.807) is 48.5 Å². The van der Waals surface area contributed by atoms with Gasteiger partial charge in [0.05, 0.1) is 23.3 Å². The summed E-state index contributed by atoms with van der Waals surface area (Å²) in [6, 6.07) is 16.3. The number of anilines is 2. The van der Waals surface area contributed by atoms with Gasteiger partial charge in [-0.05, 0) is 74.3 Å². The van der Waals surface area contributed by atoms with E-state index >= 15 is 0 Å². The molecule has 0 saturated heterocycles. The van der Waals surface area contributed by atoms with Crippen LogP contribution in [0.4, 0.5) is 21.5 Å². The molecule has 1 amide bonds. The number of sulfonamides is 1. The van der Waals surface area contributed by atoms with Crippen LogP contribution >= 0.6 is 0 Å². The van der Waals surface area contributed by atoms with Crippen molar-refractivity contribution in [2.24, 2.45) is 4.99 Å². The van der Waals surface area contributed by atoms with Gasteiger partial charge in [0.2, 0.25) is 22.7 Å². The van der Waals surface area contributed by atoms with Gasteiger partial charge < -0.3 is 19.7 Å². The number of benzene rings is 3. The van der Waals surface area contributed by atoms with Crippen molar-refractivity contribution in [3.05, 3.63) is 77.6 Å². The summed E-state index contributed by atoms with van der Waals surface area (Å²) in [5.41, 5.74) is 3.11. The molecule has 3 aromatic rings. The fourth-order valence-electron chi connectivity index (χ4n) is 4.47. The lowest BCUT2D eigenvalue weighted by atomic mass is 9.90. The normalized spacial score (nSPS) is 16.5. The minimum absolute atomic E-state index is 0.101. The summed E-state index contributed by atoms with van der Waals surface area (Å²) in [5.74, 6) is -0.447. The highest BCUT2D eigenvalue weighted by atomic mass is 32.2. The number of amides is 1.